The van der Waals surface area contributed by atoms with Crippen LogP contribution < -0.4 is 10.1 Å². The van der Waals surface area contributed by atoms with Crippen molar-refractivity contribution in [3.8, 4) is 5.75 Å². The Morgan fingerprint density at radius 3 is 2.53 bits per heavy atom. The summed E-state index contributed by atoms with van der Waals surface area (Å²) in [6, 6.07) is 13.3. The summed E-state index contributed by atoms with van der Waals surface area (Å²) in [7, 11) is 1.70. The Kier molecular flexibility index (Phi) is 4.61. The first-order valence-corrected chi connectivity index (χ1v) is 7.38. The lowest BCUT2D eigenvalue weighted by Crippen LogP contribution is -2.21. The van der Waals surface area contributed by atoms with Crippen LogP contribution in [0.3, 0.4) is 0 Å². The van der Waals surface area contributed by atoms with Gasteiger partial charge in [-0.25, -0.2) is 0 Å². The molecule has 3 heteroatoms. The van der Waals surface area contributed by atoms with Crippen LogP contribution in [0.25, 0.3) is 0 Å². The lowest BCUT2D eigenvalue weighted by Gasteiger charge is -2.20. The minimum Gasteiger partial charge on any atom is -0.497 e. The van der Waals surface area contributed by atoms with Gasteiger partial charge in [-0.3, -0.25) is 0 Å². The molecule has 0 saturated carbocycles. The zero-order chi connectivity index (χ0) is 13.8. The lowest BCUT2D eigenvalue weighted by atomic mass is 10.1. The number of hydrogen-bond donors (Lipinski definition) is 1. The standard InChI is InChI=1S/C16H21NOS/c1-11-8-9-16(19-11)13(3)17-12(2)14-6-5-7-15(10-14)18-4/h5-10,12-13,17H,1-4H3/t12-,13?/m1/s1. The van der Waals surface area contributed by atoms with E-state index in [1.165, 1.54) is 15.3 Å². The highest BCUT2D eigenvalue weighted by atomic mass is 32.1. The maximum Gasteiger partial charge on any atom is 0.119 e. The number of rotatable bonds is 5. The molecule has 102 valence electrons. The molecule has 2 rings (SSSR count). The molecule has 0 radical (unpaired) electrons. The van der Waals surface area contributed by atoms with Gasteiger partial charge in [-0.2, -0.15) is 0 Å². The van der Waals surface area contributed by atoms with E-state index in [0.717, 1.165) is 5.75 Å². The minimum absolute atomic E-state index is 0.299. The predicted molar refractivity (Wildman–Crippen MR) is 82.0 cm³/mol. The van der Waals surface area contributed by atoms with Crippen molar-refractivity contribution in [3.05, 3.63) is 51.7 Å². The molecule has 1 aromatic heterocycles. The van der Waals surface area contributed by atoms with Gasteiger partial charge in [-0.15, -0.1) is 11.3 Å². The second-order valence-electron chi connectivity index (χ2n) is 4.84. The maximum atomic E-state index is 5.27. The normalized spacial score (nSPS) is 14.1. The van der Waals surface area contributed by atoms with Crippen LogP contribution in [-0.2, 0) is 0 Å². The Labute approximate surface area is 119 Å². The van der Waals surface area contributed by atoms with Gasteiger partial charge in [0.2, 0.25) is 0 Å². The highest BCUT2D eigenvalue weighted by molar-refractivity contribution is 7.12. The number of benzene rings is 1. The largest absolute Gasteiger partial charge is 0.497 e. The zero-order valence-electron chi connectivity index (χ0n) is 11.9. The third kappa shape index (κ3) is 3.58. The summed E-state index contributed by atoms with van der Waals surface area (Å²) in [5.41, 5.74) is 1.25. The van der Waals surface area contributed by atoms with Crippen LogP contribution in [0, 0.1) is 6.92 Å². The van der Waals surface area contributed by atoms with E-state index in [4.69, 9.17) is 4.74 Å². The van der Waals surface area contributed by atoms with Crippen molar-refractivity contribution in [2.75, 3.05) is 7.11 Å². The van der Waals surface area contributed by atoms with E-state index in [9.17, 15) is 0 Å². The molecule has 1 aromatic carbocycles. The van der Waals surface area contributed by atoms with Gasteiger partial charge in [0.25, 0.3) is 0 Å². The molecule has 0 amide bonds. The quantitative estimate of drug-likeness (QED) is 0.869. The molecule has 1 heterocycles. The van der Waals surface area contributed by atoms with Gasteiger partial charge in [0, 0.05) is 21.8 Å². The monoisotopic (exact) mass is 275 g/mol. The van der Waals surface area contributed by atoms with Gasteiger partial charge in [0.15, 0.2) is 0 Å². The van der Waals surface area contributed by atoms with Crippen LogP contribution in [-0.4, -0.2) is 7.11 Å². The average Bonchev–Trinajstić information content (AvgIpc) is 2.85. The zero-order valence-corrected chi connectivity index (χ0v) is 12.8. The Bertz CT molecular complexity index is 535. The van der Waals surface area contributed by atoms with Crippen molar-refractivity contribution in [3.63, 3.8) is 0 Å². The first-order chi connectivity index (χ1) is 9.10. The van der Waals surface area contributed by atoms with Gasteiger partial charge in [0.1, 0.15) is 5.75 Å². The number of nitrogens with one attached hydrogen (secondary N) is 1. The number of ether oxygens (including phenoxy) is 1. The summed E-state index contributed by atoms with van der Waals surface area (Å²) in [5, 5.41) is 3.63. The summed E-state index contributed by atoms with van der Waals surface area (Å²) in [4.78, 5) is 2.74. The van der Waals surface area contributed by atoms with Crippen LogP contribution in [0.4, 0.5) is 0 Å². The summed E-state index contributed by atoms with van der Waals surface area (Å²) in [6.45, 7) is 6.54. The Balaban J connectivity index is 2.05. The van der Waals surface area contributed by atoms with Gasteiger partial charge in [-0.05, 0) is 50.6 Å². The summed E-state index contributed by atoms with van der Waals surface area (Å²) < 4.78 is 5.27. The van der Waals surface area contributed by atoms with Crippen LogP contribution in [0.2, 0.25) is 0 Å². The van der Waals surface area contributed by atoms with E-state index in [2.05, 4.69) is 50.4 Å². The topological polar surface area (TPSA) is 21.3 Å². The third-order valence-corrected chi connectivity index (χ3v) is 4.47. The summed E-state index contributed by atoms with van der Waals surface area (Å²) in [5.74, 6) is 0.908. The molecule has 1 unspecified atom stereocenters. The highest BCUT2D eigenvalue weighted by Crippen LogP contribution is 2.26. The summed E-state index contributed by atoms with van der Waals surface area (Å²) >= 11 is 1.85. The first-order valence-electron chi connectivity index (χ1n) is 6.56. The fourth-order valence-electron chi connectivity index (χ4n) is 2.15. The van der Waals surface area contributed by atoms with E-state index >= 15 is 0 Å². The number of aryl methyl sites for hydroxylation is 1. The fraction of sp³-hybridized carbons (Fsp3) is 0.375. The molecule has 2 nitrogen and oxygen atoms in total. The second kappa shape index (κ2) is 6.22. The summed E-state index contributed by atoms with van der Waals surface area (Å²) in [6.07, 6.45) is 0. The molecule has 0 bridgehead atoms. The highest BCUT2D eigenvalue weighted by Gasteiger charge is 2.12. The lowest BCUT2D eigenvalue weighted by molar-refractivity contribution is 0.412. The van der Waals surface area contributed by atoms with Crippen molar-refractivity contribution in [2.24, 2.45) is 0 Å². The van der Waals surface area contributed by atoms with Gasteiger partial charge < -0.3 is 10.1 Å². The van der Waals surface area contributed by atoms with E-state index in [1.807, 2.05) is 23.5 Å². The molecular weight excluding hydrogens is 254 g/mol. The molecule has 19 heavy (non-hydrogen) atoms. The number of thiophene rings is 1. The molecule has 0 saturated heterocycles. The predicted octanol–water partition coefficient (Wildman–Crippen LogP) is 4.48. The number of hydrogen-bond acceptors (Lipinski definition) is 3. The first kappa shape index (κ1) is 14.1. The van der Waals surface area contributed by atoms with Crippen molar-refractivity contribution in [1.29, 1.82) is 0 Å². The maximum absolute atomic E-state index is 5.27. The molecule has 0 aliphatic heterocycles. The Morgan fingerprint density at radius 2 is 1.89 bits per heavy atom. The van der Waals surface area contributed by atoms with Crippen molar-refractivity contribution in [2.45, 2.75) is 32.9 Å². The van der Waals surface area contributed by atoms with Gasteiger partial charge >= 0.3 is 0 Å². The van der Waals surface area contributed by atoms with Crippen LogP contribution in [0.15, 0.2) is 36.4 Å². The van der Waals surface area contributed by atoms with E-state index in [-0.39, 0.29) is 0 Å². The van der Waals surface area contributed by atoms with Crippen LogP contribution >= 0.6 is 11.3 Å². The Hall–Kier alpha value is -1.32. The molecule has 0 spiro atoms. The van der Waals surface area contributed by atoms with Crippen molar-refractivity contribution >= 4 is 11.3 Å². The average molecular weight is 275 g/mol. The molecule has 2 atom stereocenters. The molecule has 0 fully saturated rings. The van der Waals surface area contributed by atoms with Crippen LogP contribution in [0.5, 0.6) is 5.75 Å². The third-order valence-electron chi connectivity index (χ3n) is 3.28. The van der Waals surface area contributed by atoms with Crippen molar-refractivity contribution < 1.29 is 4.74 Å². The minimum atomic E-state index is 0.299. The molecule has 1 N–H and O–H groups in total. The van der Waals surface area contributed by atoms with Crippen molar-refractivity contribution in [1.82, 2.24) is 5.32 Å². The van der Waals surface area contributed by atoms with Gasteiger partial charge in [-0.1, -0.05) is 12.1 Å². The van der Waals surface area contributed by atoms with Gasteiger partial charge in [0.05, 0.1) is 7.11 Å². The van der Waals surface area contributed by atoms with E-state index in [0.29, 0.717) is 12.1 Å². The Morgan fingerprint density at radius 1 is 1.11 bits per heavy atom. The smallest absolute Gasteiger partial charge is 0.119 e. The molecule has 2 aromatic rings. The number of methoxy groups -OCH3 is 1. The fourth-order valence-corrected chi connectivity index (χ4v) is 3.04. The van der Waals surface area contributed by atoms with Crippen LogP contribution in [0.1, 0.15) is 41.2 Å². The second-order valence-corrected chi connectivity index (χ2v) is 6.15. The van der Waals surface area contributed by atoms with E-state index in [1.54, 1.807) is 7.11 Å². The molecular formula is C16H21NOS. The van der Waals surface area contributed by atoms with E-state index < -0.39 is 0 Å². The molecule has 0 aliphatic rings. The molecule has 0 aliphatic carbocycles. The SMILES string of the molecule is COc1cccc([C@@H](C)NC(C)c2ccc(C)s2)c1.